The summed E-state index contributed by atoms with van der Waals surface area (Å²) in [5.41, 5.74) is -1.43. The van der Waals surface area contributed by atoms with Gasteiger partial charge in [-0.05, 0) is 24.7 Å². The second kappa shape index (κ2) is 5.47. The predicted molar refractivity (Wildman–Crippen MR) is 61.2 cm³/mol. The topological polar surface area (TPSA) is 49.3 Å². The van der Waals surface area contributed by atoms with Crippen LogP contribution < -0.4 is 5.32 Å². The fourth-order valence-electron chi connectivity index (χ4n) is 2.92. The Morgan fingerprint density at radius 2 is 2.06 bits per heavy atom. The number of halogens is 3. The molecule has 1 saturated carbocycles. The lowest BCUT2D eigenvalue weighted by Gasteiger charge is -2.43. The second-order valence-electron chi connectivity index (χ2n) is 5.34. The van der Waals surface area contributed by atoms with Crippen molar-refractivity contribution in [3.63, 3.8) is 0 Å². The Hall–Kier alpha value is -0.780. The van der Waals surface area contributed by atoms with Crippen molar-refractivity contribution in [2.75, 3.05) is 6.54 Å². The van der Waals surface area contributed by atoms with Crippen LogP contribution in [0.25, 0.3) is 0 Å². The molecule has 18 heavy (non-hydrogen) atoms. The van der Waals surface area contributed by atoms with Gasteiger partial charge in [-0.2, -0.15) is 13.2 Å². The summed E-state index contributed by atoms with van der Waals surface area (Å²) in [5, 5.41) is 11.7. The van der Waals surface area contributed by atoms with Crippen LogP contribution in [0, 0.1) is 11.8 Å². The Morgan fingerprint density at radius 3 is 2.50 bits per heavy atom. The van der Waals surface area contributed by atoms with Crippen molar-refractivity contribution in [1.82, 2.24) is 5.32 Å². The Bertz CT molecular complexity index is 304. The number of hydrogen-bond acceptors (Lipinski definition) is 2. The van der Waals surface area contributed by atoms with Crippen molar-refractivity contribution in [2.24, 2.45) is 11.8 Å². The standard InChI is InChI=1S/C12H20F3NO2/c1-8(2)9-5-3-4-6-11(9,10(17)18)16-7-12(13,14)15/h8-9,16H,3-7H2,1-2H3,(H,17,18). The minimum Gasteiger partial charge on any atom is -0.480 e. The van der Waals surface area contributed by atoms with Gasteiger partial charge in [0, 0.05) is 0 Å². The van der Waals surface area contributed by atoms with Gasteiger partial charge in [0.2, 0.25) is 0 Å². The van der Waals surface area contributed by atoms with Gasteiger partial charge in [0.15, 0.2) is 0 Å². The molecule has 0 saturated heterocycles. The van der Waals surface area contributed by atoms with Gasteiger partial charge >= 0.3 is 12.1 Å². The first-order chi connectivity index (χ1) is 8.19. The van der Waals surface area contributed by atoms with E-state index in [1.54, 1.807) is 0 Å². The highest BCUT2D eigenvalue weighted by atomic mass is 19.4. The summed E-state index contributed by atoms with van der Waals surface area (Å²) in [7, 11) is 0. The summed E-state index contributed by atoms with van der Waals surface area (Å²) in [5.74, 6) is -1.38. The van der Waals surface area contributed by atoms with Crippen LogP contribution in [0.5, 0.6) is 0 Å². The second-order valence-corrected chi connectivity index (χ2v) is 5.34. The van der Waals surface area contributed by atoms with Gasteiger partial charge in [-0.15, -0.1) is 0 Å². The zero-order valence-corrected chi connectivity index (χ0v) is 10.7. The average Bonchev–Trinajstić information content (AvgIpc) is 2.25. The van der Waals surface area contributed by atoms with Gasteiger partial charge in [0.05, 0.1) is 6.54 Å². The van der Waals surface area contributed by atoms with E-state index in [-0.39, 0.29) is 18.3 Å². The molecule has 3 nitrogen and oxygen atoms in total. The van der Waals surface area contributed by atoms with E-state index in [2.05, 4.69) is 5.32 Å². The van der Waals surface area contributed by atoms with E-state index in [0.29, 0.717) is 12.8 Å². The molecular formula is C12H20F3NO2. The highest BCUT2D eigenvalue weighted by molar-refractivity contribution is 5.79. The SMILES string of the molecule is CC(C)C1CCCCC1(NCC(F)(F)F)C(=O)O. The maximum absolute atomic E-state index is 12.3. The molecule has 0 spiro atoms. The third kappa shape index (κ3) is 3.37. The Kier molecular flexibility index (Phi) is 4.64. The van der Waals surface area contributed by atoms with E-state index in [9.17, 15) is 23.1 Å². The highest BCUT2D eigenvalue weighted by Gasteiger charge is 2.49. The van der Waals surface area contributed by atoms with E-state index >= 15 is 0 Å². The Labute approximate surface area is 105 Å². The van der Waals surface area contributed by atoms with Crippen molar-refractivity contribution in [3.8, 4) is 0 Å². The van der Waals surface area contributed by atoms with Gasteiger partial charge in [-0.3, -0.25) is 10.1 Å². The quantitative estimate of drug-likeness (QED) is 0.823. The maximum atomic E-state index is 12.3. The minimum absolute atomic E-state index is 0.0436. The number of carbonyl (C=O) groups is 1. The monoisotopic (exact) mass is 267 g/mol. The molecular weight excluding hydrogens is 247 g/mol. The fraction of sp³-hybridized carbons (Fsp3) is 0.917. The molecule has 1 aliphatic rings. The highest BCUT2D eigenvalue weighted by Crippen LogP contribution is 2.39. The third-order valence-electron chi connectivity index (χ3n) is 3.76. The predicted octanol–water partition coefficient (Wildman–Crippen LogP) is 2.81. The lowest BCUT2D eigenvalue weighted by atomic mass is 9.68. The van der Waals surface area contributed by atoms with Crippen LogP contribution in [-0.4, -0.2) is 29.3 Å². The smallest absolute Gasteiger partial charge is 0.401 e. The van der Waals surface area contributed by atoms with Crippen LogP contribution in [0.3, 0.4) is 0 Å². The number of nitrogens with one attached hydrogen (secondary N) is 1. The van der Waals surface area contributed by atoms with Gasteiger partial charge in [0.1, 0.15) is 5.54 Å². The summed E-state index contributed by atoms with van der Waals surface area (Å²) in [6.07, 6.45) is -1.93. The molecule has 106 valence electrons. The van der Waals surface area contributed by atoms with Gasteiger partial charge in [-0.1, -0.05) is 26.7 Å². The van der Waals surface area contributed by atoms with Crippen LogP contribution in [0.1, 0.15) is 39.5 Å². The molecule has 2 unspecified atom stereocenters. The maximum Gasteiger partial charge on any atom is 0.401 e. The van der Waals surface area contributed by atoms with E-state index in [1.807, 2.05) is 13.8 Å². The number of rotatable bonds is 4. The van der Waals surface area contributed by atoms with Gasteiger partial charge in [0.25, 0.3) is 0 Å². The molecule has 0 bridgehead atoms. The van der Waals surface area contributed by atoms with Crippen LogP contribution in [0.15, 0.2) is 0 Å². The summed E-state index contributed by atoms with van der Waals surface area (Å²) < 4.78 is 37.0. The molecule has 0 aromatic heterocycles. The molecule has 2 N–H and O–H groups in total. The lowest BCUT2D eigenvalue weighted by Crippen LogP contribution is -2.61. The number of aliphatic carboxylic acids is 1. The van der Waals surface area contributed by atoms with Crippen molar-refractivity contribution in [2.45, 2.75) is 51.2 Å². The first kappa shape index (κ1) is 15.3. The van der Waals surface area contributed by atoms with Crippen molar-refractivity contribution >= 4 is 5.97 Å². The number of carboxylic acids is 1. The molecule has 2 atom stereocenters. The van der Waals surface area contributed by atoms with Gasteiger partial charge < -0.3 is 5.11 Å². The number of hydrogen-bond donors (Lipinski definition) is 2. The normalized spacial score (nSPS) is 29.6. The molecule has 1 rings (SSSR count). The molecule has 0 radical (unpaired) electrons. The first-order valence-corrected chi connectivity index (χ1v) is 6.24. The summed E-state index contributed by atoms with van der Waals surface area (Å²) in [4.78, 5) is 11.5. The van der Waals surface area contributed by atoms with Crippen molar-refractivity contribution < 1.29 is 23.1 Å². The molecule has 0 aromatic rings. The summed E-state index contributed by atoms with van der Waals surface area (Å²) >= 11 is 0. The molecule has 1 aliphatic carbocycles. The molecule has 0 heterocycles. The third-order valence-corrected chi connectivity index (χ3v) is 3.76. The first-order valence-electron chi connectivity index (χ1n) is 6.24. The lowest BCUT2D eigenvalue weighted by molar-refractivity contribution is -0.157. The zero-order chi connectivity index (χ0) is 14.0. The fourth-order valence-corrected chi connectivity index (χ4v) is 2.92. The number of alkyl halides is 3. The van der Waals surface area contributed by atoms with Crippen molar-refractivity contribution in [1.29, 1.82) is 0 Å². The largest absolute Gasteiger partial charge is 0.480 e. The van der Waals surface area contributed by atoms with E-state index in [0.717, 1.165) is 6.42 Å². The van der Waals surface area contributed by atoms with Crippen LogP contribution in [0.2, 0.25) is 0 Å². The minimum atomic E-state index is -4.39. The molecule has 6 heteroatoms. The molecule has 0 amide bonds. The van der Waals surface area contributed by atoms with Crippen LogP contribution in [0.4, 0.5) is 13.2 Å². The van der Waals surface area contributed by atoms with Crippen LogP contribution in [-0.2, 0) is 4.79 Å². The van der Waals surface area contributed by atoms with E-state index < -0.39 is 24.2 Å². The Morgan fingerprint density at radius 1 is 1.44 bits per heavy atom. The zero-order valence-electron chi connectivity index (χ0n) is 10.7. The van der Waals surface area contributed by atoms with Crippen molar-refractivity contribution in [3.05, 3.63) is 0 Å². The summed E-state index contributed by atoms with van der Waals surface area (Å²) in [6, 6.07) is 0. The van der Waals surface area contributed by atoms with Gasteiger partial charge in [-0.25, -0.2) is 0 Å². The molecule has 1 fully saturated rings. The molecule has 0 aromatic carbocycles. The van der Waals surface area contributed by atoms with E-state index in [4.69, 9.17) is 0 Å². The summed E-state index contributed by atoms with van der Waals surface area (Å²) in [6.45, 7) is 2.48. The average molecular weight is 267 g/mol. The number of carboxylic acid groups (broad SMARTS) is 1. The van der Waals surface area contributed by atoms with E-state index in [1.165, 1.54) is 0 Å². The Balaban J connectivity index is 2.92. The van der Waals surface area contributed by atoms with Crippen LogP contribution >= 0.6 is 0 Å². The molecule has 0 aliphatic heterocycles.